The van der Waals surface area contributed by atoms with Crippen LogP contribution < -0.4 is 0 Å². The molecule has 0 bridgehead atoms. The van der Waals surface area contributed by atoms with Crippen LogP contribution in [0.2, 0.25) is 0 Å². The van der Waals surface area contributed by atoms with E-state index in [0.29, 0.717) is 18.8 Å². The monoisotopic (exact) mass is 448 g/mol. The van der Waals surface area contributed by atoms with Crippen molar-refractivity contribution in [1.29, 1.82) is 0 Å². The van der Waals surface area contributed by atoms with Gasteiger partial charge in [0.2, 0.25) is 0 Å². The van der Waals surface area contributed by atoms with Crippen LogP contribution >= 0.6 is 0 Å². The fourth-order valence-corrected chi connectivity index (χ4v) is 4.48. The number of H-pyrrole nitrogens is 1. The highest BCUT2D eigenvalue weighted by atomic mass is 16.2. The number of rotatable bonds is 4. The summed E-state index contributed by atoms with van der Waals surface area (Å²) in [5.74, 6) is 0.886. The van der Waals surface area contributed by atoms with E-state index in [1.165, 1.54) is 11.1 Å². The number of aromatic nitrogens is 5. The molecule has 0 unspecified atom stereocenters. The lowest BCUT2D eigenvalue weighted by Crippen LogP contribution is -2.26. The first-order valence-electron chi connectivity index (χ1n) is 11.3. The average Bonchev–Trinajstić information content (AvgIpc) is 3.64. The molecule has 2 aromatic carbocycles. The molecule has 1 aliphatic heterocycles. The van der Waals surface area contributed by atoms with Gasteiger partial charge < -0.3 is 9.47 Å². The quantitative estimate of drug-likeness (QED) is 0.428. The lowest BCUT2D eigenvalue weighted by Gasteiger charge is -2.17. The average molecular weight is 449 g/mol. The number of hydrogen-bond donors (Lipinski definition) is 1. The molecule has 5 aromatic rings. The van der Waals surface area contributed by atoms with Gasteiger partial charge in [0.05, 0.1) is 30.2 Å². The van der Waals surface area contributed by atoms with E-state index in [4.69, 9.17) is 5.10 Å². The number of carbonyl (C=O) groups excluding carboxylic acids is 1. The van der Waals surface area contributed by atoms with Crippen molar-refractivity contribution in [3.05, 3.63) is 107 Å². The topological polar surface area (TPSA) is 71.7 Å². The summed E-state index contributed by atoms with van der Waals surface area (Å²) in [6, 6.07) is 22.0. The van der Waals surface area contributed by atoms with Gasteiger partial charge in [-0.05, 0) is 55.3 Å². The largest absolute Gasteiger partial charge is 0.327 e. The number of nitrogens with zero attached hydrogens (tertiary/aromatic N) is 5. The van der Waals surface area contributed by atoms with Crippen LogP contribution in [0.5, 0.6) is 0 Å². The zero-order chi connectivity index (χ0) is 23.2. The molecule has 0 saturated carbocycles. The molecule has 6 rings (SSSR count). The molecule has 0 fully saturated rings. The molecule has 1 N–H and O–H groups in total. The Hall–Kier alpha value is -4.39. The number of benzene rings is 2. The van der Waals surface area contributed by atoms with Crippen molar-refractivity contribution in [1.82, 2.24) is 29.4 Å². The fraction of sp³-hybridized carbons (Fsp3) is 0.148. The van der Waals surface area contributed by atoms with Crippen LogP contribution in [0, 0.1) is 13.8 Å². The standard InChI is InChI=1S/C27H24N6O/c1-18-10-11-21(14-19(18)2)33-26(31-12-6-7-13-31)22-16-32(17-25(22)30-33)27(34)24-15-23(28-29-24)20-8-4-3-5-9-20/h3-15H,16-17H2,1-2H3,(H,28,29). The second-order valence-electron chi connectivity index (χ2n) is 8.71. The van der Waals surface area contributed by atoms with Crippen LogP contribution in [0.4, 0.5) is 0 Å². The van der Waals surface area contributed by atoms with Gasteiger partial charge in [-0.1, -0.05) is 36.4 Å². The zero-order valence-electron chi connectivity index (χ0n) is 19.1. The lowest BCUT2D eigenvalue weighted by atomic mass is 10.1. The summed E-state index contributed by atoms with van der Waals surface area (Å²) in [6.07, 6.45) is 4.03. The summed E-state index contributed by atoms with van der Waals surface area (Å²) >= 11 is 0. The number of nitrogens with one attached hydrogen (secondary N) is 1. The Morgan fingerprint density at radius 2 is 1.71 bits per heavy atom. The summed E-state index contributed by atoms with van der Waals surface area (Å²) in [4.78, 5) is 15.1. The van der Waals surface area contributed by atoms with Crippen molar-refractivity contribution in [3.63, 3.8) is 0 Å². The van der Waals surface area contributed by atoms with E-state index in [2.05, 4.69) is 46.8 Å². The molecular weight excluding hydrogens is 424 g/mol. The van der Waals surface area contributed by atoms with Crippen LogP contribution in [0.1, 0.15) is 32.9 Å². The maximum Gasteiger partial charge on any atom is 0.272 e. The fourth-order valence-electron chi connectivity index (χ4n) is 4.48. The van der Waals surface area contributed by atoms with Crippen LogP contribution in [0.15, 0.2) is 79.1 Å². The smallest absolute Gasteiger partial charge is 0.272 e. The molecule has 1 amide bonds. The second kappa shape index (κ2) is 7.88. The first kappa shape index (κ1) is 20.2. The Kier molecular flexibility index (Phi) is 4.69. The number of aromatic amines is 1. The molecule has 0 radical (unpaired) electrons. The summed E-state index contributed by atoms with van der Waals surface area (Å²) < 4.78 is 4.06. The number of hydrogen-bond acceptors (Lipinski definition) is 3. The molecule has 0 spiro atoms. The lowest BCUT2D eigenvalue weighted by molar-refractivity contribution is 0.0743. The highest BCUT2D eigenvalue weighted by Gasteiger charge is 2.32. The maximum absolute atomic E-state index is 13.3. The van der Waals surface area contributed by atoms with E-state index in [0.717, 1.165) is 34.0 Å². The molecule has 0 atom stereocenters. The zero-order valence-corrected chi connectivity index (χ0v) is 19.1. The number of aryl methyl sites for hydroxylation is 2. The highest BCUT2D eigenvalue weighted by molar-refractivity contribution is 5.93. The minimum Gasteiger partial charge on any atom is -0.327 e. The van der Waals surface area contributed by atoms with Gasteiger partial charge in [-0.3, -0.25) is 9.89 Å². The van der Waals surface area contributed by atoms with Gasteiger partial charge in [-0.2, -0.15) is 10.2 Å². The normalized spacial score (nSPS) is 12.8. The number of fused-ring (bicyclic) bond motifs is 1. The summed E-state index contributed by atoms with van der Waals surface area (Å²) in [5, 5.41) is 12.2. The molecule has 168 valence electrons. The van der Waals surface area contributed by atoms with Crippen molar-refractivity contribution in [3.8, 4) is 22.8 Å². The molecule has 7 nitrogen and oxygen atoms in total. The van der Waals surface area contributed by atoms with Crippen molar-refractivity contribution < 1.29 is 4.79 Å². The third kappa shape index (κ3) is 3.33. The van der Waals surface area contributed by atoms with E-state index in [-0.39, 0.29) is 5.91 Å². The number of amides is 1. The summed E-state index contributed by atoms with van der Waals surface area (Å²) in [7, 11) is 0. The van der Waals surface area contributed by atoms with Crippen LogP contribution in [0.25, 0.3) is 22.8 Å². The first-order chi connectivity index (χ1) is 16.6. The van der Waals surface area contributed by atoms with E-state index in [1.54, 1.807) is 0 Å². The first-order valence-corrected chi connectivity index (χ1v) is 11.3. The maximum atomic E-state index is 13.3. The van der Waals surface area contributed by atoms with Crippen LogP contribution in [-0.2, 0) is 13.1 Å². The molecule has 3 aromatic heterocycles. The van der Waals surface area contributed by atoms with E-state index >= 15 is 0 Å². The predicted octanol–water partition coefficient (Wildman–Crippen LogP) is 4.83. The van der Waals surface area contributed by atoms with Gasteiger partial charge in [0, 0.05) is 23.5 Å². The van der Waals surface area contributed by atoms with Gasteiger partial charge >= 0.3 is 0 Å². The predicted molar refractivity (Wildman–Crippen MR) is 130 cm³/mol. The summed E-state index contributed by atoms with van der Waals surface area (Å²) in [5.41, 5.74) is 7.67. The Labute approximate surface area is 197 Å². The van der Waals surface area contributed by atoms with Gasteiger partial charge in [-0.15, -0.1) is 0 Å². The van der Waals surface area contributed by atoms with Crippen LogP contribution in [0.3, 0.4) is 0 Å². The summed E-state index contributed by atoms with van der Waals surface area (Å²) in [6.45, 7) is 5.17. The van der Waals surface area contributed by atoms with Crippen molar-refractivity contribution in [2.75, 3.05) is 0 Å². The third-order valence-electron chi connectivity index (χ3n) is 6.48. The van der Waals surface area contributed by atoms with Gasteiger partial charge in [0.25, 0.3) is 5.91 Å². The Morgan fingerprint density at radius 3 is 2.47 bits per heavy atom. The molecule has 7 heteroatoms. The third-order valence-corrected chi connectivity index (χ3v) is 6.48. The highest BCUT2D eigenvalue weighted by Crippen LogP contribution is 2.32. The van der Waals surface area contributed by atoms with E-state index in [9.17, 15) is 4.79 Å². The molecule has 34 heavy (non-hydrogen) atoms. The Balaban J connectivity index is 1.33. The molecular formula is C27H24N6O. The van der Waals surface area contributed by atoms with Gasteiger partial charge in [0.1, 0.15) is 11.5 Å². The van der Waals surface area contributed by atoms with Crippen molar-refractivity contribution in [2.45, 2.75) is 26.9 Å². The molecule has 0 aliphatic carbocycles. The van der Waals surface area contributed by atoms with Crippen molar-refractivity contribution in [2.24, 2.45) is 0 Å². The molecule has 0 saturated heterocycles. The van der Waals surface area contributed by atoms with Gasteiger partial charge in [0.15, 0.2) is 0 Å². The van der Waals surface area contributed by atoms with E-state index < -0.39 is 0 Å². The Morgan fingerprint density at radius 1 is 0.912 bits per heavy atom. The van der Waals surface area contributed by atoms with Crippen molar-refractivity contribution >= 4 is 5.91 Å². The number of carbonyl (C=O) groups is 1. The SMILES string of the molecule is Cc1ccc(-n2nc3c(c2-n2cccc2)CN(C(=O)c2cc(-c4ccccc4)n[nH]2)C3)cc1C. The Bertz CT molecular complexity index is 1490. The van der Waals surface area contributed by atoms with E-state index in [1.807, 2.05) is 70.5 Å². The van der Waals surface area contributed by atoms with Gasteiger partial charge in [-0.25, -0.2) is 4.68 Å². The molecule has 4 heterocycles. The molecule has 1 aliphatic rings. The minimum atomic E-state index is -0.0798. The van der Waals surface area contributed by atoms with Crippen LogP contribution in [-0.4, -0.2) is 35.4 Å². The second-order valence-corrected chi connectivity index (χ2v) is 8.71. The minimum absolute atomic E-state index is 0.0798.